The number of hydrogen-bond donors (Lipinski definition) is 2. The third kappa shape index (κ3) is 9.40. The van der Waals surface area contributed by atoms with Gasteiger partial charge in [0, 0.05) is 32.4 Å². The number of nitrogens with zero attached hydrogens (tertiary/aromatic N) is 2. The Morgan fingerprint density at radius 1 is 1.07 bits per heavy atom. The molecule has 1 heterocycles. The molecule has 0 radical (unpaired) electrons. The zero-order chi connectivity index (χ0) is 19.2. The summed E-state index contributed by atoms with van der Waals surface area (Å²) in [7, 11) is 0. The van der Waals surface area contributed by atoms with Gasteiger partial charge >= 0.3 is 0 Å². The van der Waals surface area contributed by atoms with Gasteiger partial charge in [-0.15, -0.1) is 0 Å². The van der Waals surface area contributed by atoms with E-state index in [2.05, 4.69) is 39.7 Å². The van der Waals surface area contributed by atoms with Gasteiger partial charge in [-0.2, -0.15) is 0 Å². The number of pyridine rings is 1. The van der Waals surface area contributed by atoms with Gasteiger partial charge in [-0.05, 0) is 43.4 Å². The molecule has 6 heteroatoms. The van der Waals surface area contributed by atoms with E-state index in [1.165, 1.54) is 5.56 Å². The van der Waals surface area contributed by atoms with Gasteiger partial charge in [0.25, 0.3) is 0 Å². The molecule has 1 aromatic heterocycles. The van der Waals surface area contributed by atoms with E-state index in [1.54, 1.807) is 0 Å². The minimum Gasteiger partial charge on any atom is -0.377 e. The summed E-state index contributed by atoms with van der Waals surface area (Å²) in [5.41, 5.74) is 2.36. The first-order chi connectivity index (χ1) is 13.3. The summed E-state index contributed by atoms with van der Waals surface area (Å²) in [6.07, 6.45) is 4.70. The molecule has 2 aromatic rings. The van der Waals surface area contributed by atoms with Crippen LogP contribution in [0.25, 0.3) is 0 Å². The molecule has 146 valence electrons. The van der Waals surface area contributed by atoms with Crippen LogP contribution in [0.4, 0.5) is 0 Å². The highest BCUT2D eigenvalue weighted by Crippen LogP contribution is 2.05. The van der Waals surface area contributed by atoms with Crippen molar-refractivity contribution in [3.05, 3.63) is 64.9 Å². The minimum absolute atomic E-state index is 0.523. The predicted molar refractivity (Wildman–Crippen MR) is 112 cm³/mol. The van der Waals surface area contributed by atoms with Crippen LogP contribution in [0, 0.1) is 0 Å². The Labute approximate surface area is 167 Å². The van der Waals surface area contributed by atoms with Crippen LogP contribution in [0.5, 0.6) is 0 Å². The second kappa shape index (κ2) is 13.1. The maximum atomic E-state index is 5.81. The van der Waals surface area contributed by atoms with Crippen molar-refractivity contribution in [2.75, 3.05) is 26.2 Å². The number of hydrogen-bond acceptors (Lipinski definition) is 3. The van der Waals surface area contributed by atoms with Crippen LogP contribution in [0.1, 0.15) is 30.9 Å². The number of aliphatic imine (C=N–C) groups is 1. The number of nitrogens with one attached hydrogen (secondary N) is 2. The molecule has 0 atom stereocenters. The van der Waals surface area contributed by atoms with Crippen LogP contribution in [0.15, 0.2) is 53.7 Å². The van der Waals surface area contributed by atoms with Gasteiger partial charge in [0.05, 0.1) is 6.61 Å². The van der Waals surface area contributed by atoms with E-state index in [9.17, 15) is 0 Å². The summed E-state index contributed by atoms with van der Waals surface area (Å²) in [5.74, 6) is 0.852. The smallest absolute Gasteiger partial charge is 0.191 e. The number of aromatic nitrogens is 1. The zero-order valence-electron chi connectivity index (χ0n) is 16.0. The molecular weight excluding hydrogens is 360 g/mol. The molecule has 0 fully saturated rings. The molecule has 0 unspecified atom stereocenters. The van der Waals surface area contributed by atoms with Crippen LogP contribution >= 0.6 is 11.6 Å². The van der Waals surface area contributed by atoms with Crippen molar-refractivity contribution in [2.45, 2.75) is 32.8 Å². The molecule has 0 aliphatic rings. The van der Waals surface area contributed by atoms with E-state index in [0.29, 0.717) is 11.8 Å². The number of unbranched alkanes of at least 4 members (excludes halogenated alkanes) is 1. The third-order valence-electron chi connectivity index (χ3n) is 3.92. The van der Waals surface area contributed by atoms with E-state index < -0.39 is 0 Å². The summed E-state index contributed by atoms with van der Waals surface area (Å²) < 4.78 is 5.70. The van der Waals surface area contributed by atoms with Crippen molar-refractivity contribution in [1.29, 1.82) is 0 Å². The van der Waals surface area contributed by atoms with Crippen LogP contribution in [0.2, 0.25) is 5.15 Å². The van der Waals surface area contributed by atoms with E-state index in [-0.39, 0.29) is 0 Å². The van der Waals surface area contributed by atoms with Crippen molar-refractivity contribution in [3.63, 3.8) is 0 Å². The van der Waals surface area contributed by atoms with Crippen molar-refractivity contribution in [2.24, 2.45) is 4.99 Å². The second-order valence-electron chi connectivity index (χ2n) is 6.17. The first kappa shape index (κ1) is 21.2. The second-order valence-corrected chi connectivity index (χ2v) is 6.56. The Balaban J connectivity index is 1.59. The van der Waals surface area contributed by atoms with Gasteiger partial charge in [-0.25, -0.2) is 4.98 Å². The molecule has 0 saturated heterocycles. The summed E-state index contributed by atoms with van der Waals surface area (Å²) in [6, 6.07) is 14.1. The van der Waals surface area contributed by atoms with Crippen molar-refractivity contribution in [1.82, 2.24) is 15.6 Å². The Kier molecular flexibility index (Phi) is 10.3. The van der Waals surface area contributed by atoms with Crippen molar-refractivity contribution < 1.29 is 4.74 Å². The lowest BCUT2D eigenvalue weighted by Gasteiger charge is -2.11. The highest BCUT2D eigenvalue weighted by Gasteiger charge is 1.99. The SMILES string of the molecule is CCNC(=NCCCCOCc1ccccc1)NCCc1ccc(Cl)nc1. The van der Waals surface area contributed by atoms with E-state index in [4.69, 9.17) is 16.3 Å². The number of rotatable bonds is 11. The van der Waals surface area contributed by atoms with E-state index in [0.717, 1.165) is 57.0 Å². The molecule has 1 aromatic carbocycles. The number of halogens is 1. The Morgan fingerprint density at radius 3 is 2.67 bits per heavy atom. The average molecular weight is 389 g/mol. The molecule has 0 aliphatic heterocycles. The van der Waals surface area contributed by atoms with Crippen molar-refractivity contribution >= 4 is 17.6 Å². The normalized spacial score (nSPS) is 11.4. The average Bonchev–Trinajstić information content (AvgIpc) is 2.69. The Morgan fingerprint density at radius 2 is 1.93 bits per heavy atom. The standard InChI is InChI=1S/C21H29ClN4O/c1-2-23-21(25-14-12-18-10-11-20(22)26-16-18)24-13-6-7-15-27-17-19-8-4-3-5-9-19/h3-5,8-11,16H,2,6-7,12-15,17H2,1H3,(H2,23,24,25). The van der Waals surface area contributed by atoms with Gasteiger partial charge in [0.2, 0.25) is 0 Å². The summed E-state index contributed by atoms with van der Waals surface area (Å²) >= 11 is 5.81. The van der Waals surface area contributed by atoms with Gasteiger partial charge in [0.15, 0.2) is 5.96 Å². The van der Waals surface area contributed by atoms with Gasteiger partial charge in [-0.3, -0.25) is 4.99 Å². The number of guanidine groups is 1. The quantitative estimate of drug-likeness (QED) is 0.266. The van der Waals surface area contributed by atoms with Crippen LogP contribution < -0.4 is 10.6 Å². The Hall–Kier alpha value is -2.11. The fraction of sp³-hybridized carbons (Fsp3) is 0.429. The molecule has 2 N–H and O–H groups in total. The lowest BCUT2D eigenvalue weighted by atomic mass is 10.2. The number of ether oxygens (including phenoxy) is 1. The maximum absolute atomic E-state index is 5.81. The maximum Gasteiger partial charge on any atom is 0.191 e. The molecule has 0 spiro atoms. The lowest BCUT2D eigenvalue weighted by molar-refractivity contribution is 0.117. The van der Waals surface area contributed by atoms with Crippen molar-refractivity contribution in [3.8, 4) is 0 Å². The fourth-order valence-electron chi connectivity index (χ4n) is 2.49. The van der Waals surface area contributed by atoms with Crippen LogP contribution in [0.3, 0.4) is 0 Å². The largest absolute Gasteiger partial charge is 0.377 e. The number of benzene rings is 1. The zero-order valence-corrected chi connectivity index (χ0v) is 16.7. The van der Waals surface area contributed by atoms with Crippen LogP contribution in [-0.4, -0.2) is 37.2 Å². The minimum atomic E-state index is 0.523. The molecule has 2 rings (SSSR count). The molecule has 5 nitrogen and oxygen atoms in total. The lowest BCUT2D eigenvalue weighted by Crippen LogP contribution is -2.38. The van der Waals surface area contributed by atoms with E-state index >= 15 is 0 Å². The molecule has 0 saturated carbocycles. The molecule has 0 aliphatic carbocycles. The highest BCUT2D eigenvalue weighted by atomic mass is 35.5. The predicted octanol–water partition coefficient (Wildman–Crippen LogP) is 3.83. The first-order valence-electron chi connectivity index (χ1n) is 9.52. The van der Waals surface area contributed by atoms with E-state index in [1.807, 2.05) is 36.5 Å². The summed E-state index contributed by atoms with van der Waals surface area (Å²) in [6.45, 7) is 5.93. The topological polar surface area (TPSA) is 58.5 Å². The summed E-state index contributed by atoms with van der Waals surface area (Å²) in [4.78, 5) is 8.71. The molecular formula is C21H29ClN4O. The molecule has 27 heavy (non-hydrogen) atoms. The highest BCUT2D eigenvalue weighted by molar-refractivity contribution is 6.29. The fourth-order valence-corrected chi connectivity index (χ4v) is 2.60. The Bertz CT molecular complexity index is 662. The molecule has 0 amide bonds. The first-order valence-corrected chi connectivity index (χ1v) is 9.90. The molecule has 0 bridgehead atoms. The monoisotopic (exact) mass is 388 g/mol. The van der Waals surface area contributed by atoms with Gasteiger partial charge < -0.3 is 15.4 Å². The van der Waals surface area contributed by atoms with Gasteiger partial charge in [-0.1, -0.05) is 48.0 Å². The summed E-state index contributed by atoms with van der Waals surface area (Å²) in [5, 5.41) is 7.15. The third-order valence-corrected chi connectivity index (χ3v) is 4.14. The van der Waals surface area contributed by atoms with Gasteiger partial charge in [0.1, 0.15) is 5.15 Å². The van der Waals surface area contributed by atoms with Crippen LogP contribution in [-0.2, 0) is 17.8 Å².